The number of halogens is 2. The number of piperidine rings is 2. The van der Waals surface area contributed by atoms with E-state index in [9.17, 15) is 13.9 Å². The zero-order valence-corrected chi connectivity index (χ0v) is 24.5. The number of aromatic nitrogens is 2. The molecule has 7 nitrogen and oxygen atoms in total. The number of phenols is 1. The monoisotopic (exact) mass is 585 g/mol. The number of ether oxygens (including phenoxy) is 1. The number of hydrogen-bond donors (Lipinski definition) is 2. The second-order valence-electron chi connectivity index (χ2n) is 12.9. The van der Waals surface area contributed by atoms with Crippen LogP contribution in [0.3, 0.4) is 0 Å². The summed E-state index contributed by atoms with van der Waals surface area (Å²) in [5.41, 5.74) is 2.66. The van der Waals surface area contributed by atoms with Gasteiger partial charge in [0, 0.05) is 43.5 Å². The summed E-state index contributed by atoms with van der Waals surface area (Å²) in [6.45, 7) is 5.47. The highest BCUT2D eigenvalue weighted by atomic mass is 19.1. The molecule has 0 aliphatic carbocycles. The van der Waals surface area contributed by atoms with Gasteiger partial charge in [0.2, 0.25) is 0 Å². The topological polar surface area (TPSA) is 73.8 Å². The predicted molar refractivity (Wildman–Crippen MR) is 164 cm³/mol. The summed E-state index contributed by atoms with van der Waals surface area (Å²) in [6.07, 6.45) is 4.41. The number of fused-ring (bicyclic) bond motifs is 6. The van der Waals surface area contributed by atoms with Crippen LogP contribution >= 0.6 is 0 Å². The number of aryl methyl sites for hydroxylation is 1. The Morgan fingerprint density at radius 2 is 2.02 bits per heavy atom. The molecule has 0 spiro atoms. The van der Waals surface area contributed by atoms with E-state index in [-0.39, 0.29) is 17.1 Å². The van der Waals surface area contributed by atoms with Gasteiger partial charge in [0.1, 0.15) is 30.2 Å². The number of alkyl halides is 1. The Morgan fingerprint density at radius 1 is 1.12 bits per heavy atom. The van der Waals surface area contributed by atoms with Crippen molar-refractivity contribution in [3.8, 4) is 22.9 Å². The average molecular weight is 586 g/mol. The predicted octanol–water partition coefficient (Wildman–Crippen LogP) is 5.75. The molecule has 5 saturated heterocycles. The molecule has 0 saturated carbocycles. The SMILES string of the molecule is CCc1c(F)ccc2cc(O)cc(-c3ccc4c(N5C[C@@H]6CC[C@H]5CN6)nc(OC[C@@]56CCCN5C[C@H](F)C6)nc4c3)c12. The lowest BCUT2D eigenvalue weighted by atomic mass is 9.91. The van der Waals surface area contributed by atoms with E-state index in [2.05, 4.69) is 15.1 Å². The van der Waals surface area contributed by atoms with Gasteiger partial charge in [-0.2, -0.15) is 9.97 Å². The highest BCUT2D eigenvalue weighted by Gasteiger charge is 2.49. The summed E-state index contributed by atoms with van der Waals surface area (Å²) < 4.78 is 35.8. The Bertz CT molecular complexity index is 1720. The molecule has 5 aliphatic rings. The summed E-state index contributed by atoms with van der Waals surface area (Å²) in [7, 11) is 0. The molecule has 0 radical (unpaired) electrons. The molecule has 2 bridgehead atoms. The van der Waals surface area contributed by atoms with Crippen LogP contribution < -0.4 is 15.0 Å². The maximum atomic E-state index is 14.9. The van der Waals surface area contributed by atoms with Gasteiger partial charge in [-0.15, -0.1) is 0 Å². The number of anilines is 1. The molecule has 1 aromatic heterocycles. The maximum Gasteiger partial charge on any atom is 0.319 e. The van der Waals surface area contributed by atoms with E-state index >= 15 is 0 Å². The van der Waals surface area contributed by atoms with Gasteiger partial charge in [0.05, 0.1) is 11.1 Å². The third-order valence-corrected chi connectivity index (χ3v) is 10.3. The van der Waals surface area contributed by atoms with E-state index in [0.717, 1.165) is 83.9 Å². The van der Waals surface area contributed by atoms with Gasteiger partial charge in [-0.05, 0) is 96.4 Å². The van der Waals surface area contributed by atoms with Crippen molar-refractivity contribution in [2.24, 2.45) is 0 Å². The number of phenolic OH excluding ortho intramolecular Hbond substituents is 1. The molecule has 0 unspecified atom stereocenters. The molecule has 43 heavy (non-hydrogen) atoms. The fraction of sp³-hybridized carbons (Fsp3) is 0.471. The van der Waals surface area contributed by atoms with Crippen molar-refractivity contribution in [3.05, 3.63) is 53.8 Å². The van der Waals surface area contributed by atoms with Crippen molar-refractivity contribution in [1.29, 1.82) is 0 Å². The number of piperazine rings is 1. The van der Waals surface area contributed by atoms with Crippen LogP contribution in [0.5, 0.6) is 11.8 Å². The minimum Gasteiger partial charge on any atom is -0.508 e. The van der Waals surface area contributed by atoms with Crippen LogP contribution in [-0.4, -0.2) is 76.6 Å². The first-order chi connectivity index (χ1) is 20.9. The van der Waals surface area contributed by atoms with E-state index in [1.54, 1.807) is 18.2 Å². The van der Waals surface area contributed by atoms with Crippen LogP contribution in [0.15, 0.2) is 42.5 Å². The molecular formula is C34H37F2N5O2. The van der Waals surface area contributed by atoms with Gasteiger partial charge >= 0.3 is 6.01 Å². The molecule has 4 aromatic rings. The molecule has 0 amide bonds. The Labute approximate surface area is 249 Å². The molecule has 9 heteroatoms. The summed E-state index contributed by atoms with van der Waals surface area (Å²) in [6, 6.07) is 13.7. The minimum absolute atomic E-state index is 0.128. The van der Waals surface area contributed by atoms with Crippen LogP contribution in [0.25, 0.3) is 32.8 Å². The Morgan fingerprint density at radius 3 is 2.81 bits per heavy atom. The average Bonchev–Trinajstić information content (AvgIpc) is 3.55. The minimum atomic E-state index is -0.828. The van der Waals surface area contributed by atoms with E-state index in [1.807, 2.05) is 25.1 Å². The molecule has 5 fully saturated rings. The van der Waals surface area contributed by atoms with Crippen LogP contribution in [0.1, 0.15) is 44.6 Å². The van der Waals surface area contributed by atoms with E-state index < -0.39 is 6.17 Å². The Hall–Kier alpha value is -3.56. The number of benzene rings is 3. The van der Waals surface area contributed by atoms with Crippen LogP contribution in [-0.2, 0) is 6.42 Å². The molecule has 4 atom stereocenters. The van der Waals surface area contributed by atoms with Crippen LogP contribution in [0.2, 0.25) is 0 Å². The molecule has 5 aliphatic heterocycles. The smallest absolute Gasteiger partial charge is 0.319 e. The third kappa shape index (κ3) is 4.51. The lowest BCUT2D eigenvalue weighted by Gasteiger charge is -2.46. The molecule has 6 heterocycles. The van der Waals surface area contributed by atoms with Gasteiger partial charge in [-0.25, -0.2) is 8.78 Å². The number of nitrogens with zero attached hydrogens (tertiary/aromatic N) is 4. The standard InChI is InChI=1S/C34H37F2N5O2/c1-2-26-29(36)9-5-21-12-25(42)14-28(31(21)26)20-4-8-27-30(13-20)38-33(39-32(27)41-18-23-6-7-24(41)16-37-23)43-19-34-10-3-11-40(34)17-22(35)15-34/h4-5,8-9,12-14,22-24,37,42H,2-3,6-7,10-11,15-19H2,1H3/t22-,23+,24+,34+/m1/s1. The van der Waals surface area contributed by atoms with Gasteiger partial charge in [-0.1, -0.05) is 19.1 Å². The van der Waals surface area contributed by atoms with Crippen molar-refractivity contribution in [3.63, 3.8) is 0 Å². The Balaban J connectivity index is 1.25. The van der Waals surface area contributed by atoms with Crippen molar-refractivity contribution in [2.75, 3.05) is 37.7 Å². The first kappa shape index (κ1) is 27.0. The first-order valence-electron chi connectivity index (χ1n) is 15.7. The highest BCUT2D eigenvalue weighted by Crippen LogP contribution is 2.42. The number of hydrogen-bond acceptors (Lipinski definition) is 7. The highest BCUT2D eigenvalue weighted by molar-refractivity contribution is 6.02. The first-order valence-corrected chi connectivity index (χ1v) is 15.7. The normalized spacial score (nSPS) is 27.0. The van der Waals surface area contributed by atoms with E-state index in [1.165, 1.54) is 6.07 Å². The lowest BCUT2D eigenvalue weighted by Crippen LogP contribution is -2.61. The van der Waals surface area contributed by atoms with Crippen molar-refractivity contribution in [1.82, 2.24) is 20.2 Å². The van der Waals surface area contributed by atoms with Gasteiger partial charge < -0.3 is 20.1 Å². The summed E-state index contributed by atoms with van der Waals surface area (Å²) in [4.78, 5) is 14.5. The number of nitrogens with one attached hydrogen (secondary N) is 1. The molecular weight excluding hydrogens is 548 g/mol. The second kappa shape index (κ2) is 10.3. The van der Waals surface area contributed by atoms with Crippen LogP contribution in [0, 0.1) is 5.82 Å². The Kier molecular flexibility index (Phi) is 6.45. The molecule has 224 valence electrons. The second-order valence-corrected chi connectivity index (χ2v) is 12.9. The van der Waals surface area contributed by atoms with Crippen molar-refractivity contribution >= 4 is 27.5 Å². The fourth-order valence-electron chi connectivity index (χ4n) is 8.23. The summed E-state index contributed by atoms with van der Waals surface area (Å²) in [5.74, 6) is 0.738. The van der Waals surface area contributed by atoms with Crippen molar-refractivity contribution in [2.45, 2.75) is 69.2 Å². The third-order valence-electron chi connectivity index (χ3n) is 10.3. The van der Waals surface area contributed by atoms with Crippen molar-refractivity contribution < 1.29 is 18.6 Å². The van der Waals surface area contributed by atoms with Crippen LogP contribution in [0.4, 0.5) is 14.6 Å². The molecule has 9 rings (SSSR count). The zero-order chi connectivity index (χ0) is 29.3. The number of rotatable bonds is 6. The zero-order valence-electron chi connectivity index (χ0n) is 24.5. The summed E-state index contributed by atoms with van der Waals surface area (Å²) in [5, 5.41) is 16.8. The molecule has 3 aromatic carbocycles. The van der Waals surface area contributed by atoms with E-state index in [0.29, 0.717) is 49.7 Å². The fourth-order valence-corrected chi connectivity index (χ4v) is 8.23. The van der Waals surface area contributed by atoms with Gasteiger partial charge in [0.25, 0.3) is 0 Å². The van der Waals surface area contributed by atoms with Gasteiger partial charge in [0.15, 0.2) is 0 Å². The number of aromatic hydroxyl groups is 1. The quantitative estimate of drug-likeness (QED) is 0.298. The van der Waals surface area contributed by atoms with E-state index in [4.69, 9.17) is 14.7 Å². The molecule has 2 N–H and O–H groups in total. The lowest BCUT2D eigenvalue weighted by molar-refractivity contribution is 0.107. The largest absolute Gasteiger partial charge is 0.508 e. The van der Waals surface area contributed by atoms with Gasteiger partial charge in [-0.3, -0.25) is 4.90 Å². The maximum absolute atomic E-state index is 14.9. The summed E-state index contributed by atoms with van der Waals surface area (Å²) >= 11 is 0.